The number of likely N-dealkylation sites (tertiary alicyclic amines) is 1. The lowest BCUT2D eigenvalue weighted by molar-refractivity contribution is -0.162. The largest absolute Gasteiger partial charge is 0.465 e. The number of allylic oxidation sites excluding steroid dienone is 1. The molecular formula is C32H43ClN2O6. The molecule has 41 heavy (non-hydrogen) atoms. The van der Waals surface area contributed by atoms with Crippen molar-refractivity contribution in [3.05, 3.63) is 54.6 Å². The number of hydrogen-bond acceptors (Lipinski definition) is 6. The van der Waals surface area contributed by atoms with Crippen molar-refractivity contribution in [2.75, 3.05) is 24.7 Å². The molecule has 0 saturated carbocycles. The molecule has 3 heterocycles. The zero-order valence-electron chi connectivity index (χ0n) is 24.6. The highest BCUT2D eigenvalue weighted by Gasteiger charge is 2.80. The van der Waals surface area contributed by atoms with Crippen LogP contribution in [0.1, 0.15) is 53.4 Å². The number of anilines is 1. The molecule has 1 N–H and O–H groups in total. The maximum atomic E-state index is 14.7. The molecule has 9 heteroatoms. The summed E-state index contributed by atoms with van der Waals surface area (Å²) >= 11 is 6.55. The molecule has 2 amide bonds. The highest BCUT2D eigenvalue weighted by Crippen LogP contribution is 2.66. The molecule has 2 bridgehead atoms. The average Bonchev–Trinajstić information content (AvgIpc) is 3.45. The molecule has 1 aromatic carbocycles. The van der Waals surface area contributed by atoms with Gasteiger partial charge in [-0.1, -0.05) is 56.7 Å². The topological polar surface area (TPSA) is 96.4 Å². The van der Waals surface area contributed by atoms with E-state index in [0.717, 1.165) is 0 Å². The van der Waals surface area contributed by atoms with Crippen LogP contribution in [0.4, 0.5) is 5.69 Å². The molecule has 0 aliphatic carbocycles. The Balaban J connectivity index is 1.84. The summed E-state index contributed by atoms with van der Waals surface area (Å²) in [5, 5.41) is 10.9. The van der Waals surface area contributed by atoms with Crippen molar-refractivity contribution >= 4 is 35.1 Å². The summed E-state index contributed by atoms with van der Waals surface area (Å²) in [6, 6.07) is 5.31. The Kier molecular flexibility index (Phi) is 9.36. The number of carbonyl (C=O) groups excluding carboxylic acids is 3. The number of ether oxygens (including phenoxy) is 2. The summed E-state index contributed by atoms with van der Waals surface area (Å²) in [5.41, 5.74) is -1.76. The number of unbranched alkanes of at least 4 members (excludes halogenated alkanes) is 1. The summed E-state index contributed by atoms with van der Waals surface area (Å²) in [7, 11) is 0. The Morgan fingerprint density at radius 1 is 1.29 bits per heavy atom. The van der Waals surface area contributed by atoms with Gasteiger partial charge in [0.25, 0.3) is 5.91 Å². The number of benzene rings is 1. The molecule has 3 fully saturated rings. The van der Waals surface area contributed by atoms with Crippen LogP contribution < -0.4 is 4.90 Å². The van der Waals surface area contributed by atoms with Crippen LogP contribution in [0.15, 0.2) is 49.6 Å². The number of nitrogens with zero attached hydrogens (tertiary/aromatic N) is 2. The van der Waals surface area contributed by atoms with Crippen molar-refractivity contribution < 1.29 is 29.0 Å². The van der Waals surface area contributed by atoms with Crippen LogP contribution in [0.3, 0.4) is 0 Å². The number of hydrogen-bond donors (Lipinski definition) is 1. The van der Waals surface area contributed by atoms with E-state index >= 15 is 0 Å². The first-order chi connectivity index (χ1) is 19.5. The first-order valence-corrected chi connectivity index (χ1v) is 14.9. The zero-order valence-corrected chi connectivity index (χ0v) is 25.3. The minimum atomic E-state index is -1.27. The Hall–Kier alpha value is -2.68. The monoisotopic (exact) mass is 586 g/mol. The fourth-order valence-electron chi connectivity index (χ4n) is 7.27. The van der Waals surface area contributed by atoms with Crippen molar-refractivity contribution in [1.82, 2.24) is 4.90 Å². The Morgan fingerprint density at radius 2 is 2.00 bits per heavy atom. The standard InChI is InChI=1S/C32H43ClN2O6/c1-7-9-12-16-40-30(39)26-25-28(37)35(22(19-36)17-20(3)4)27(32(25)18-21(5)31(26,6)41-32)29(38)34(15-8-2)24-14-11-10-13-23(24)33/h7-8,10-11,13-14,20-22,25-27,36H,1-2,9,12,15-19H2,3-6H3/t21?,22-,25+,26+,27?,31-,32?/m1/s1. The van der Waals surface area contributed by atoms with E-state index in [1.807, 2.05) is 27.7 Å². The number of carbonyl (C=O) groups is 3. The van der Waals surface area contributed by atoms with Crippen molar-refractivity contribution in [3.8, 4) is 0 Å². The van der Waals surface area contributed by atoms with Crippen LogP contribution in [-0.2, 0) is 23.9 Å². The molecule has 3 aliphatic rings. The van der Waals surface area contributed by atoms with Crippen LogP contribution in [0.25, 0.3) is 0 Å². The lowest BCUT2D eigenvalue weighted by Crippen LogP contribution is -2.59. The van der Waals surface area contributed by atoms with Gasteiger partial charge in [-0.25, -0.2) is 0 Å². The van der Waals surface area contributed by atoms with Gasteiger partial charge in [0, 0.05) is 6.54 Å². The second kappa shape index (κ2) is 12.3. The first kappa shape index (κ1) is 31.3. The molecule has 3 aliphatic heterocycles. The Labute approximate surface area is 248 Å². The first-order valence-electron chi connectivity index (χ1n) is 14.6. The van der Waals surface area contributed by atoms with E-state index in [0.29, 0.717) is 36.4 Å². The smallest absolute Gasteiger partial charge is 0.312 e. The van der Waals surface area contributed by atoms with E-state index in [1.165, 1.54) is 9.80 Å². The summed E-state index contributed by atoms with van der Waals surface area (Å²) in [4.78, 5) is 45.9. The summed E-state index contributed by atoms with van der Waals surface area (Å²) in [6.07, 6.45) is 5.59. The average molecular weight is 587 g/mol. The van der Waals surface area contributed by atoms with E-state index in [2.05, 4.69) is 13.2 Å². The third-order valence-electron chi connectivity index (χ3n) is 9.11. The maximum absolute atomic E-state index is 14.7. The molecule has 7 atom stereocenters. The molecule has 0 radical (unpaired) electrons. The molecule has 1 aromatic rings. The lowest BCUT2D eigenvalue weighted by atomic mass is 9.62. The van der Waals surface area contributed by atoms with E-state index in [-0.39, 0.29) is 43.4 Å². The van der Waals surface area contributed by atoms with E-state index in [9.17, 15) is 19.5 Å². The van der Waals surface area contributed by atoms with Crippen molar-refractivity contribution in [2.45, 2.75) is 76.7 Å². The second-order valence-corrected chi connectivity index (χ2v) is 12.6. The number of fused-ring (bicyclic) bond motifs is 1. The molecule has 0 aromatic heterocycles. The SMILES string of the molecule is C=CCCCOC(=O)[C@@H]1[C@H]2C(=O)N([C@@H](CO)CC(C)C)C(C(=O)N(CC=C)c3ccccc3Cl)C23CC(C)[C@@]1(C)O3. The molecule has 4 rings (SSSR count). The highest BCUT2D eigenvalue weighted by atomic mass is 35.5. The number of aliphatic hydroxyl groups excluding tert-OH is 1. The minimum absolute atomic E-state index is 0.127. The predicted molar refractivity (Wildman–Crippen MR) is 158 cm³/mol. The number of para-hydroxylation sites is 1. The number of aliphatic hydroxyl groups is 1. The van der Waals surface area contributed by atoms with Gasteiger partial charge in [0.2, 0.25) is 5.91 Å². The molecule has 3 unspecified atom stereocenters. The summed E-state index contributed by atoms with van der Waals surface area (Å²) in [5.74, 6) is -3.01. The van der Waals surface area contributed by atoms with Crippen LogP contribution in [0.2, 0.25) is 5.02 Å². The third kappa shape index (κ3) is 5.23. The fraction of sp³-hybridized carbons (Fsp3) is 0.594. The van der Waals surface area contributed by atoms with Gasteiger partial charge in [0.15, 0.2) is 0 Å². The molecule has 224 valence electrons. The summed E-state index contributed by atoms with van der Waals surface area (Å²) in [6.45, 7) is 15.4. The number of amides is 2. The van der Waals surface area contributed by atoms with Crippen molar-refractivity contribution in [2.24, 2.45) is 23.7 Å². The van der Waals surface area contributed by atoms with Gasteiger partial charge in [0.1, 0.15) is 17.6 Å². The van der Waals surface area contributed by atoms with Gasteiger partial charge in [-0.2, -0.15) is 0 Å². The third-order valence-corrected chi connectivity index (χ3v) is 9.43. The number of halogens is 1. The molecular weight excluding hydrogens is 544 g/mol. The van der Waals surface area contributed by atoms with Gasteiger partial charge in [-0.05, 0) is 56.6 Å². The number of rotatable bonds is 13. The normalized spacial score (nSPS) is 30.8. The number of esters is 1. The summed E-state index contributed by atoms with van der Waals surface area (Å²) < 4.78 is 12.5. The highest BCUT2D eigenvalue weighted by molar-refractivity contribution is 6.34. The Morgan fingerprint density at radius 3 is 2.61 bits per heavy atom. The molecule has 1 spiro atoms. The van der Waals surface area contributed by atoms with Crippen LogP contribution in [0.5, 0.6) is 0 Å². The van der Waals surface area contributed by atoms with Gasteiger partial charge in [0.05, 0.1) is 41.5 Å². The molecule has 8 nitrogen and oxygen atoms in total. The van der Waals surface area contributed by atoms with Crippen LogP contribution in [0, 0.1) is 23.7 Å². The Bertz CT molecular complexity index is 1190. The quantitative estimate of drug-likeness (QED) is 0.203. The van der Waals surface area contributed by atoms with Gasteiger partial charge in [-0.3, -0.25) is 14.4 Å². The second-order valence-electron chi connectivity index (χ2n) is 12.2. The van der Waals surface area contributed by atoms with Crippen molar-refractivity contribution in [1.29, 1.82) is 0 Å². The van der Waals surface area contributed by atoms with E-state index in [1.54, 1.807) is 36.4 Å². The van der Waals surface area contributed by atoms with E-state index in [4.69, 9.17) is 21.1 Å². The predicted octanol–water partition coefficient (Wildman–Crippen LogP) is 4.79. The fourth-order valence-corrected chi connectivity index (χ4v) is 7.51. The molecule has 3 saturated heterocycles. The van der Waals surface area contributed by atoms with E-state index < -0.39 is 41.1 Å². The maximum Gasteiger partial charge on any atom is 0.312 e. The van der Waals surface area contributed by atoms with Crippen LogP contribution in [-0.4, -0.2) is 70.8 Å². The van der Waals surface area contributed by atoms with Gasteiger partial charge >= 0.3 is 5.97 Å². The van der Waals surface area contributed by atoms with Crippen LogP contribution >= 0.6 is 11.6 Å². The zero-order chi connectivity index (χ0) is 30.1. The van der Waals surface area contributed by atoms with Gasteiger partial charge in [-0.15, -0.1) is 13.2 Å². The van der Waals surface area contributed by atoms with Crippen molar-refractivity contribution in [3.63, 3.8) is 0 Å². The lowest BCUT2D eigenvalue weighted by Gasteiger charge is -2.40. The minimum Gasteiger partial charge on any atom is -0.465 e. The van der Waals surface area contributed by atoms with Gasteiger partial charge < -0.3 is 24.4 Å².